The van der Waals surface area contributed by atoms with Crippen molar-refractivity contribution in [3.8, 4) is 0 Å². The highest BCUT2D eigenvalue weighted by Crippen LogP contribution is 2.15. The molecule has 1 heterocycles. The minimum absolute atomic E-state index is 0.00993. The van der Waals surface area contributed by atoms with Crippen molar-refractivity contribution in [3.05, 3.63) is 0 Å². The summed E-state index contributed by atoms with van der Waals surface area (Å²) in [4.78, 5) is 14.9. The van der Waals surface area contributed by atoms with Gasteiger partial charge in [-0.15, -0.1) is 0 Å². The van der Waals surface area contributed by atoms with Crippen LogP contribution in [0.15, 0.2) is 0 Å². The third-order valence-electron chi connectivity index (χ3n) is 6.75. The fourth-order valence-electron chi connectivity index (χ4n) is 4.46. The fraction of sp³-hybridized carbons (Fsp3) is 0.963. The van der Waals surface area contributed by atoms with Gasteiger partial charge in [0, 0.05) is 69.9 Å². The van der Waals surface area contributed by atoms with Crippen LogP contribution < -0.4 is 26.6 Å². The Morgan fingerprint density at radius 3 is 2.42 bits per heavy atom. The number of likely N-dealkylation sites (tertiary alicyclic amines) is 1. The van der Waals surface area contributed by atoms with Gasteiger partial charge in [0.1, 0.15) is 0 Å². The van der Waals surface area contributed by atoms with Crippen LogP contribution in [-0.2, 0) is 14.3 Å². The maximum absolute atomic E-state index is 12.3. The van der Waals surface area contributed by atoms with Crippen molar-refractivity contribution in [2.24, 2.45) is 5.92 Å². The number of ether oxygens (including phenoxy) is 2. The third-order valence-corrected chi connectivity index (χ3v) is 6.75. The van der Waals surface area contributed by atoms with E-state index < -0.39 is 0 Å². The van der Waals surface area contributed by atoms with Gasteiger partial charge >= 0.3 is 0 Å². The second kappa shape index (κ2) is 22.2. The van der Waals surface area contributed by atoms with E-state index in [4.69, 9.17) is 9.47 Å². The van der Waals surface area contributed by atoms with E-state index >= 15 is 0 Å². The molecule has 1 aliphatic heterocycles. The SMILES string of the molecule is CNCC1CCCCN1CCOCCNC(C)CCC(C)C(=O)NCCOCCNCCNC(C)C. The number of hydrogen-bond acceptors (Lipinski definition) is 8. The lowest BCUT2D eigenvalue weighted by atomic mass is 10.0. The van der Waals surface area contributed by atoms with Crippen LogP contribution in [0.5, 0.6) is 0 Å². The number of hydrogen-bond donors (Lipinski definition) is 5. The molecule has 214 valence electrons. The average molecular weight is 515 g/mol. The smallest absolute Gasteiger partial charge is 0.222 e. The van der Waals surface area contributed by atoms with Crippen LogP contribution in [0.2, 0.25) is 0 Å². The molecule has 0 aromatic rings. The molecule has 0 spiro atoms. The first kappa shape index (κ1) is 33.2. The molecular weight excluding hydrogens is 456 g/mol. The van der Waals surface area contributed by atoms with Crippen molar-refractivity contribution < 1.29 is 14.3 Å². The zero-order valence-electron chi connectivity index (χ0n) is 24.0. The number of nitrogens with zero attached hydrogens (tertiary/aromatic N) is 1. The Morgan fingerprint density at radius 2 is 1.64 bits per heavy atom. The summed E-state index contributed by atoms with van der Waals surface area (Å²) >= 11 is 0. The van der Waals surface area contributed by atoms with Gasteiger partial charge in [0.15, 0.2) is 0 Å². The van der Waals surface area contributed by atoms with Gasteiger partial charge in [0.05, 0.1) is 26.4 Å². The van der Waals surface area contributed by atoms with E-state index in [9.17, 15) is 4.79 Å². The quantitative estimate of drug-likeness (QED) is 0.130. The highest BCUT2D eigenvalue weighted by molar-refractivity contribution is 5.78. The zero-order valence-corrected chi connectivity index (χ0v) is 24.0. The van der Waals surface area contributed by atoms with Crippen LogP contribution in [0.3, 0.4) is 0 Å². The molecule has 1 saturated heterocycles. The molecule has 0 aromatic heterocycles. The van der Waals surface area contributed by atoms with Crippen molar-refractivity contribution in [2.75, 3.05) is 85.8 Å². The first-order valence-electron chi connectivity index (χ1n) is 14.4. The Morgan fingerprint density at radius 1 is 0.889 bits per heavy atom. The highest BCUT2D eigenvalue weighted by atomic mass is 16.5. The Labute approximate surface area is 221 Å². The number of amides is 1. The van der Waals surface area contributed by atoms with E-state index in [-0.39, 0.29) is 11.8 Å². The Kier molecular flexibility index (Phi) is 20.5. The van der Waals surface area contributed by atoms with Crippen LogP contribution in [0.4, 0.5) is 0 Å². The molecule has 0 bridgehead atoms. The average Bonchev–Trinajstić information content (AvgIpc) is 2.86. The number of carbonyl (C=O) groups is 1. The number of carbonyl (C=O) groups excluding carboxylic acids is 1. The topological polar surface area (TPSA) is 98.9 Å². The second-order valence-electron chi connectivity index (χ2n) is 10.5. The lowest BCUT2D eigenvalue weighted by Gasteiger charge is -2.35. The number of piperidine rings is 1. The Balaban J connectivity index is 1.94. The van der Waals surface area contributed by atoms with Gasteiger partial charge in [-0.1, -0.05) is 27.2 Å². The first-order valence-corrected chi connectivity index (χ1v) is 14.4. The van der Waals surface area contributed by atoms with E-state index in [1.54, 1.807) is 0 Å². The van der Waals surface area contributed by atoms with E-state index in [1.807, 2.05) is 14.0 Å². The van der Waals surface area contributed by atoms with Crippen molar-refractivity contribution in [1.82, 2.24) is 31.5 Å². The van der Waals surface area contributed by atoms with Gasteiger partial charge in [0.25, 0.3) is 0 Å². The molecule has 1 fully saturated rings. The molecule has 0 radical (unpaired) electrons. The molecule has 5 N–H and O–H groups in total. The molecule has 1 aliphatic rings. The number of rotatable bonds is 23. The third kappa shape index (κ3) is 17.6. The van der Waals surface area contributed by atoms with Gasteiger partial charge in [-0.2, -0.15) is 0 Å². The molecular formula is C27H58N6O3. The van der Waals surface area contributed by atoms with Gasteiger partial charge < -0.3 is 36.1 Å². The van der Waals surface area contributed by atoms with E-state index in [0.29, 0.717) is 37.9 Å². The minimum atomic E-state index is 0.00993. The van der Waals surface area contributed by atoms with Gasteiger partial charge in [-0.3, -0.25) is 9.69 Å². The van der Waals surface area contributed by atoms with E-state index in [0.717, 1.165) is 65.3 Å². The summed E-state index contributed by atoms with van der Waals surface area (Å²) in [5.74, 6) is 0.122. The predicted octanol–water partition coefficient (Wildman–Crippen LogP) is 1.19. The molecule has 9 heteroatoms. The van der Waals surface area contributed by atoms with Crippen LogP contribution in [0.1, 0.15) is 59.8 Å². The highest BCUT2D eigenvalue weighted by Gasteiger charge is 2.21. The molecule has 3 unspecified atom stereocenters. The lowest BCUT2D eigenvalue weighted by molar-refractivity contribution is -0.125. The standard InChI is InChI=1S/C27H58N6O3/c1-23(2)30-12-11-29-13-18-35-20-15-32-27(34)24(3)9-10-25(4)31-14-19-36-21-17-33-16-7-6-8-26(33)22-28-5/h23-26,28-31H,6-22H2,1-5H3,(H,32,34). The maximum Gasteiger partial charge on any atom is 0.222 e. The molecule has 0 saturated carbocycles. The fourth-order valence-corrected chi connectivity index (χ4v) is 4.46. The molecule has 36 heavy (non-hydrogen) atoms. The van der Waals surface area contributed by atoms with Crippen molar-refractivity contribution in [2.45, 2.75) is 77.9 Å². The van der Waals surface area contributed by atoms with E-state index in [2.05, 4.69) is 52.3 Å². The number of likely N-dealkylation sites (N-methyl/N-ethyl adjacent to an activating group) is 1. The summed E-state index contributed by atoms with van der Waals surface area (Å²) in [6.07, 6.45) is 5.78. The first-order chi connectivity index (χ1) is 17.4. The van der Waals surface area contributed by atoms with Crippen LogP contribution in [0, 0.1) is 5.92 Å². The van der Waals surface area contributed by atoms with Gasteiger partial charge in [-0.05, 0) is 46.2 Å². The predicted molar refractivity (Wildman–Crippen MR) is 150 cm³/mol. The summed E-state index contributed by atoms with van der Waals surface area (Å²) in [6, 6.07) is 1.55. The summed E-state index contributed by atoms with van der Waals surface area (Å²) in [5.41, 5.74) is 0. The van der Waals surface area contributed by atoms with Gasteiger partial charge in [0.2, 0.25) is 5.91 Å². The zero-order chi connectivity index (χ0) is 26.4. The molecule has 0 aliphatic carbocycles. The van der Waals surface area contributed by atoms with Crippen LogP contribution in [0.25, 0.3) is 0 Å². The van der Waals surface area contributed by atoms with Crippen LogP contribution in [-0.4, -0.2) is 115 Å². The molecule has 0 aromatic carbocycles. The van der Waals surface area contributed by atoms with Crippen molar-refractivity contribution >= 4 is 5.91 Å². The Bertz CT molecular complexity index is 524. The monoisotopic (exact) mass is 514 g/mol. The summed E-state index contributed by atoms with van der Waals surface area (Å²) < 4.78 is 11.5. The molecule has 9 nitrogen and oxygen atoms in total. The molecule has 3 atom stereocenters. The molecule has 1 rings (SSSR count). The second-order valence-corrected chi connectivity index (χ2v) is 10.5. The van der Waals surface area contributed by atoms with Crippen molar-refractivity contribution in [1.29, 1.82) is 0 Å². The number of nitrogens with one attached hydrogen (secondary N) is 5. The minimum Gasteiger partial charge on any atom is -0.379 e. The summed E-state index contributed by atoms with van der Waals surface area (Å²) in [5, 5.41) is 16.5. The van der Waals surface area contributed by atoms with Crippen molar-refractivity contribution in [3.63, 3.8) is 0 Å². The molecule has 1 amide bonds. The maximum atomic E-state index is 12.3. The normalized spacial score (nSPS) is 18.4. The van der Waals surface area contributed by atoms with Gasteiger partial charge in [-0.25, -0.2) is 0 Å². The van der Waals surface area contributed by atoms with Crippen LogP contribution >= 0.6 is 0 Å². The summed E-state index contributed by atoms with van der Waals surface area (Å²) in [7, 11) is 2.04. The Hall–Kier alpha value is -0.810. The van der Waals surface area contributed by atoms with E-state index in [1.165, 1.54) is 25.8 Å². The summed E-state index contributed by atoms with van der Waals surface area (Å²) in [6.45, 7) is 18.6. The largest absolute Gasteiger partial charge is 0.379 e. The lowest BCUT2D eigenvalue weighted by Crippen LogP contribution is -2.46.